The molecule has 15 heavy (non-hydrogen) atoms. The molecule has 1 rings (SSSR count). The first-order valence-electron chi connectivity index (χ1n) is 5.18. The Morgan fingerprint density at radius 3 is 3.00 bits per heavy atom. The number of carbonyl (C=O) groups excluding carboxylic acids is 1. The highest BCUT2D eigenvalue weighted by Gasteiger charge is 1.99. The summed E-state index contributed by atoms with van der Waals surface area (Å²) >= 11 is 0. The fourth-order valence-corrected chi connectivity index (χ4v) is 1.27. The molecular formula is C10H18N4O. The average Bonchev–Trinajstić information content (AvgIpc) is 2.60. The van der Waals surface area contributed by atoms with E-state index in [1.54, 1.807) is 4.68 Å². The van der Waals surface area contributed by atoms with Crippen LogP contribution in [0.3, 0.4) is 0 Å². The van der Waals surface area contributed by atoms with Crippen LogP contribution in [-0.2, 0) is 18.3 Å². The number of amides is 1. The highest BCUT2D eigenvalue weighted by atomic mass is 16.1. The van der Waals surface area contributed by atoms with E-state index in [-0.39, 0.29) is 5.91 Å². The van der Waals surface area contributed by atoms with E-state index in [9.17, 15) is 4.79 Å². The van der Waals surface area contributed by atoms with Crippen molar-refractivity contribution in [2.45, 2.75) is 13.3 Å². The Balaban J connectivity index is 2.09. The van der Waals surface area contributed by atoms with Crippen LogP contribution in [0.5, 0.6) is 0 Å². The normalized spacial score (nSPS) is 10.3. The molecule has 0 spiro atoms. The molecule has 2 N–H and O–H groups in total. The zero-order chi connectivity index (χ0) is 11.1. The Morgan fingerprint density at radius 1 is 1.60 bits per heavy atom. The summed E-state index contributed by atoms with van der Waals surface area (Å²) in [5, 5.41) is 10.0. The second-order valence-corrected chi connectivity index (χ2v) is 3.36. The fourth-order valence-electron chi connectivity index (χ4n) is 1.27. The molecule has 0 aliphatic heterocycles. The number of carbonyl (C=O) groups is 1. The molecule has 0 aliphatic rings. The molecule has 5 heteroatoms. The lowest BCUT2D eigenvalue weighted by Gasteiger charge is -2.03. The molecule has 0 saturated carbocycles. The Kier molecular flexibility index (Phi) is 4.83. The van der Waals surface area contributed by atoms with Gasteiger partial charge in [0.1, 0.15) is 0 Å². The molecule has 0 aliphatic carbocycles. The lowest BCUT2D eigenvalue weighted by molar-refractivity contribution is -0.120. The van der Waals surface area contributed by atoms with Gasteiger partial charge in [0.05, 0.1) is 12.2 Å². The van der Waals surface area contributed by atoms with Crippen LogP contribution in [-0.4, -0.2) is 35.3 Å². The smallest absolute Gasteiger partial charge is 0.233 e. The van der Waals surface area contributed by atoms with Gasteiger partial charge in [0.25, 0.3) is 0 Å². The third-order valence-corrected chi connectivity index (χ3v) is 1.99. The minimum absolute atomic E-state index is 0.0403. The van der Waals surface area contributed by atoms with Gasteiger partial charge in [-0.1, -0.05) is 0 Å². The zero-order valence-corrected chi connectivity index (χ0v) is 9.29. The highest BCUT2D eigenvalue weighted by Crippen LogP contribution is 1.93. The van der Waals surface area contributed by atoms with Gasteiger partial charge >= 0.3 is 0 Å². The second-order valence-electron chi connectivity index (χ2n) is 3.36. The number of hydrogen-bond donors (Lipinski definition) is 2. The van der Waals surface area contributed by atoms with Crippen molar-refractivity contribution < 1.29 is 4.79 Å². The van der Waals surface area contributed by atoms with Crippen molar-refractivity contribution in [3.63, 3.8) is 0 Å². The summed E-state index contributed by atoms with van der Waals surface area (Å²) in [7, 11) is 1.89. The third-order valence-electron chi connectivity index (χ3n) is 1.99. The van der Waals surface area contributed by atoms with Gasteiger partial charge in [-0.2, -0.15) is 5.10 Å². The highest BCUT2D eigenvalue weighted by molar-refractivity contribution is 5.77. The number of aryl methyl sites for hydroxylation is 1. The van der Waals surface area contributed by atoms with Gasteiger partial charge in [-0.25, -0.2) is 0 Å². The van der Waals surface area contributed by atoms with E-state index in [2.05, 4.69) is 15.7 Å². The van der Waals surface area contributed by atoms with Crippen LogP contribution in [0.25, 0.3) is 0 Å². The van der Waals surface area contributed by atoms with Gasteiger partial charge < -0.3 is 10.6 Å². The third kappa shape index (κ3) is 4.60. The van der Waals surface area contributed by atoms with Crippen LogP contribution >= 0.6 is 0 Å². The maximum atomic E-state index is 11.1. The lowest BCUT2D eigenvalue weighted by atomic mass is 10.3. The van der Waals surface area contributed by atoms with Crippen molar-refractivity contribution in [3.8, 4) is 0 Å². The molecule has 0 saturated heterocycles. The molecule has 0 radical (unpaired) electrons. The van der Waals surface area contributed by atoms with Crippen LogP contribution in [0.1, 0.15) is 12.6 Å². The van der Waals surface area contributed by atoms with E-state index in [0.29, 0.717) is 13.1 Å². The largest absolute Gasteiger partial charge is 0.355 e. The van der Waals surface area contributed by atoms with Gasteiger partial charge in [-0.15, -0.1) is 0 Å². The van der Waals surface area contributed by atoms with Crippen molar-refractivity contribution in [2.24, 2.45) is 7.05 Å². The summed E-state index contributed by atoms with van der Waals surface area (Å²) in [6.07, 6.45) is 2.76. The second kappa shape index (κ2) is 6.19. The number of aromatic nitrogens is 2. The SMILES string of the molecule is CCNC(=O)CNCCc1ccn(C)n1. The Hall–Kier alpha value is -1.36. The zero-order valence-electron chi connectivity index (χ0n) is 9.29. The number of likely N-dealkylation sites (N-methyl/N-ethyl adjacent to an activating group) is 1. The van der Waals surface area contributed by atoms with Crippen molar-refractivity contribution in [3.05, 3.63) is 18.0 Å². The maximum absolute atomic E-state index is 11.1. The first kappa shape index (κ1) is 11.7. The molecular weight excluding hydrogens is 192 g/mol. The quantitative estimate of drug-likeness (QED) is 0.633. The van der Waals surface area contributed by atoms with Gasteiger partial charge in [0, 0.05) is 32.8 Å². The van der Waals surface area contributed by atoms with Crippen molar-refractivity contribution in [1.82, 2.24) is 20.4 Å². The van der Waals surface area contributed by atoms with E-state index in [1.165, 1.54) is 0 Å². The van der Waals surface area contributed by atoms with E-state index >= 15 is 0 Å². The fraction of sp³-hybridized carbons (Fsp3) is 0.600. The lowest BCUT2D eigenvalue weighted by Crippen LogP contribution is -2.34. The van der Waals surface area contributed by atoms with Crippen LogP contribution in [0.4, 0.5) is 0 Å². The Labute approximate surface area is 89.9 Å². The summed E-state index contributed by atoms with van der Waals surface area (Å²) in [6.45, 7) is 3.74. The van der Waals surface area contributed by atoms with Gasteiger partial charge in [0.15, 0.2) is 0 Å². The van der Waals surface area contributed by atoms with Crippen molar-refractivity contribution in [2.75, 3.05) is 19.6 Å². The monoisotopic (exact) mass is 210 g/mol. The predicted molar refractivity (Wildman–Crippen MR) is 58.5 cm³/mol. The van der Waals surface area contributed by atoms with Crippen molar-refractivity contribution in [1.29, 1.82) is 0 Å². The summed E-state index contributed by atoms with van der Waals surface area (Å²) in [5.74, 6) is 0.0403. The minimum Gasteiger partial charge on any atom is -0.355 e. The van der Waals surface area contributed by atoms with Gasteiger partial charge in [-0.3, -0.25) is 9.48 Å². The van der Waals surface area contributed by atoms with Gasteiger partial charge in [0.2, 0.25) is 5.91 Å². The summed E-state index contributed by atoms with van der Waals surface area (Å²) in [4.78, 5) is 11.1. The topological polar surface area (TPSA) is 59.0 Å². The number of rotatable bonds is 6. The molecule has 1 aromatic rings. The first-order chi connectivity index (χ1) is 7.22. The molecule has 1 aromatic heterocycles. The molecule has 0 bridgehead atoms. The molecule has 5 nitrogen and oxygen atoms in total. The molecule has 0 fully saturated rings. The standard InChI is InChI=1S/C10H18N4O/c1-3-12-10(15)8-11-6-4-9-5-7-14(2)13-9/h5,7,11H,3-4,6,8H2,1-2H3,(H,12,15). The van der Waals surface area contributed by atoms with Crippen LogP contribution in [0, 0.1) is 0 Å². The first-order valence-corrected chi connectivity index (χ1v) is 5.18. The van der Waals surface area contributed by atoms with Crippen LogP contribution < -0.4 is 10.6 Å². The van der Waals surface area contributed by atoms with Crippen molar-refractivity contribution >= 4 is 5.91 Å². The maximum Gasteiger partial charge on any atom is 0.233 e. The van der Waals surface area contributed by atoms with E-state index in [0.717, 1.165) is 18.7 Å². The molecule has 0 atom stereocenters. The van der Waals surface area contributed by atoms with E-state index < -0.39 is 0 Å². The summed E-state index contributed by atoms with van der Waals surface area (Å²) in [5.41, 5.74) is 1.04. The molecule has 1 heterocycles. The Bertz CT molecular complexity index is 308. The van der Waals surface area contributed by atoms with Crippen LogP contribution in [0.15, 0.2) is 12.3 Å². The average molecular weight is 210 g/mol. The van der Waals surface area contributed by atoms with E-state index in [1.807, 2.05) is 26.2 Å². The Morgan fingerprint density at radius 2 is 2.40 bits per heavy atom. The number of nitrogens with one attached hydrogen (secondary N) is 2. The molecule has 0 aromatic carbocycles. The van der Waals surface area contributed by atoms with E-state index in [4.69, 9.17) is 0 Å². The number of nitrogens with zero attached hydrogens (tertiary/aromatic N) is 2. The molecule has 0 unspecified atom stereocenters. The summed E-state index contributed by atoms with van der Waals surface area (Å²) in [6, 6.07) is 1.98. The number of hydrogen-bond acceptors (Lipinski definition) is 3. The minimum atomic E-state index is 0.0403. The predicted octanol–water partition coefficient (Wildman–Crippen LogP) is -0.312. The van der Waals surface area contributed by atoms with Gasteiger partial charge in [-0.05, 0) is 13.0 Å². The van der Waals surface area contributed by atoms with Crippen LogP contribution in [0.2, 0.25) is 0 Å². The molecule has 84 valence electrons. The molecule has 1 amide bonds. The summed E-state index contributed by atoms with van der Waals surface area (Å²) < 4.78 is 1.78.